The summed E-state index contributed by atoms with van der Waals surface area (Å²) < 4.78 is 7.57. The summed E-state index contributed by atoms with van der Waals surface area (Å²) in [6.45, 7) is 0. The van der Waals surface area contributed by atoms with Crippen molar-refractivity contribution in [1.29, 1.82) is 0 Å². The lowest BCUT2D eigenvalue weighted by Crippen LogP contribution is -2.54. The number of nitro benzene ring substituents is 1. The van der Waals surface area contributed by atoms with Crippen molar-refractivity contribution in [1.82, 2.24) is 5.01 Å². The number of nitrogens with zero attached hydrogens (tertiary/aromatic N) is 3. The maximum atomic E-state index is 11.3. The number of nitrogens with two attached hydrogens (primary N) is 1. The van der Waals surface area contributed by atoms with E-state index in [9.17, 15) is 10.1 Å². The molecule has 1 saturated carbocycles. The second-order valence-electron chi connectivity index (χ2n) is 7.93. The highest BCUT2D eigenvalue weighted by molar-refractivity contribution is 9.10. The number of hydrogen-bond donors (Lipinski definition) is 1. The van der Waals surface area contributed by atoms with Crippen LogP contribution in [0.3, 0.4) is 0 Å². The highest BCUT2D eigenvalue weighted by Crippen LogP contribution is 2.51. The molecule has 2 aliphatic heterocycles. The lowest BCUT2D eigenvalue weighted by molar-refractivity contribution is -0.383. The first-order valence-corrected chi connectivity index (χ1v) is 10.7. The van der Waals surface area contributed by atoms with E-state index in [4.69, 9.17) is 15.6 Å². The normalized spacial score (nSPS) is 21.9. The van der Waals surface area contributed by atoms with Crippen LogP contribution in [0.5, 0.6) is 5.75 Å². The molecule has 29 heavy (non-hydrogen) atoms. The molecular weight excluding hydrogens is 436 g/mol. The quantitative estimate of drug-likeness (QED) is 0.383. The molecule has 0 radical (unpaired) electrons. The molecule has 2 N–H and O–H groups in total. The number of rotatable bonds is 2. The molecule has 0 bridgehead atoms. The molecule has 0 aromatic heterocycles. The summed E-state index contributed by atoms with van der Waals surface area (Å²) in [7, 11) is 0. The zero-order valence-corrected chi connectivity index (χ0v) is 17.4. The van der Waals surface area contributed by atoms with Crippen molar-refractivity contribution in [2.75, 3.05) is 5.73 Å². The summed E-state index contributed by atoms with van der Waals surface area (Å²) in [5, 5.41) is 18.4. The van der Waals surface area contributed by atoms with Crippen molar-refractivity contribution in [3.63, 3.8) is 0 Å². The van der Waals surface area contributed by atoms with Crippen molar-refractivity contribution < 1.29 is 9.66 Å². The second-order valence-corrected chi connectivity index (χ2v) is 8.85. The SMILES string of the molecule is Nc1ccc(C2=NN3C(C2)c2ccc(Br)cc2OC32CCCCC2)cc1[N+](=O)[O-]. The van der Waals surface area contributed by atoms with Gasteiger partial charge in [0.2, 0.25) is 0 Å². The van der Waals surface area contributed by atoms with E-state index in [0.29, 0.717) is 6.42 Å². The molecule has 1 unspecified atom stereocenters. The Labute approximate surface area is 176 Å². The standard InChI is InChI=1S/C21H21BrN4O3/c22-14-5-6-15-18-12-17(13-4-7-16(23)19(10-13)26(27)28)24-25(18)21(29-20(15)11-14)8-2-1-3-9-21/h4-7,10-11,18H,1-3,8-9,12,23H2. The summed E-state index contributed by atoms with van der Waals surface area (Å²) in [5.41, 5.74) is 8.10. The molecule has 8 heteroatoms. The smallest absolute Gasteiger partial charge is 0.292 e. The summed E-state index contributed by atoms with van der Waals surface area (Å²) in [6, 6.07) is 11.1. The van der Waals surface area contributed by atoms with E-state index in [-0.39, 0.29) is 17.4 Å². The Morgan fingerprint density at radius 3 is 2.76 bits per heavy atom. The molecule has 2 heterocycles. The Kier molecular flexibility index (Phi) is 4.27. The van der Waals surface area contributed by atoms with Crippen molar-refractivity contribution in [3.05, 3.63) is 62.1 Å². The number of fused-ring (bicyclic) bond motifs is 4. The van der Waals surface area contributed by atoms with Crippen LogP contribution in [0.1, 0.15) is 55.7 Å². The van der Waals surface area contributed by atoms with Gasteiger partial charge in [0.1, 0.15) is 11.4 Å². The van der Waals surface area contributed by atoms with Crippen molar-refractivity contribution in [2.24, 2.45) is 5.10 Å². The van der Waals surface area contributed by atoms with E-state index in [2.05, 4.69) is 27.0 Å². The highest BCUT2D eigenvalue weighted by Gasteiger charge is 2.50. The Morgan fingerprint density at radius 1 is 1.21 bits per heavy atom. The number of ether oxygens (including phenoxy) is 1. The molecule has 5 rings (SSSR count). The fourth-order valence-corrected chi connectivity index (χ4v) is 5.08. The largest absolute Gasteiger partial charge is 0.466 e. The topological polar surface area (TPSA) is 94.0 Å². The van der Waals surface area contributed by atoms with Crippen molar-refractivity contribution in [2.45, 2.75) is 50.3 Å². The Hall–Kier alpha value is -2.61. The van der Waals surface area contributed by atoms with E-state index in [0.717, 1.165) is 52.7 Å². The Morgan fingerprint density at radius 2 is 2.00 bits per heavy atom. The molecule has 1 fully saturated rings. The third kappa shape index (κ3) is 2.97. The monoisotopic (exact) mass is 456 g/mol. The van der Waals surface area contributed by atoms with Gasteiger partial charge in [-0.25, -0.2) is 5.01 Å². The molecule has 0 amide bonds. The van der Waals surface area contributed by atoms with Crippen molar-refractivity contribution >= 4 is 33.0 Å². The van der Waals surface area contributed by atoms with Gasteiger partial charge in [-0.1, -0.05) is 34.5 Å². The lowest BCUT2D eigenvalue weighted by Gasteiger charge is -2.49. The molecule has 1 atom stereocenters. The minimum Gasteiger partial charge on any atom is -0.466 e. The van der Waals surface area contributed by atoms with E-state index in [1.54, 1.807) is 6.07 Å². The number of nitrogen functional groups attached to an aromatic ring is 1. The van der Waals surface area contributed by atoms with Crippen LogP contribution < -0.4 is 10.5 Å². The molecule has 3 aliphatic rings. The average molecular weight is 457 g/mol. The van der Waals surface area contributed by atoms with Crippen LogP contribution in [0.2, 0.25) is 0 Å². The molecule has 1 aliphatic carbocycles. The van der Waals surface area contributed by atoms with Gasteiger partial charge in [0, 0.05) is 40.9 Å². The summed E-state index contributed by atoms with van der Waals surface area (Å²) >= 11 is 3.55. The maximum Gasteiger partial charge on any atom is 0.292 e. The fraction of sp³-hybridized carbons (Fsp3) is 0.381. The zero-order valence-electron chi connectivity index (χ0n) is 15.8. The highest BCUT2D eigenvalue weighted by atomic mass is 79.9. The number of anilines is 1. The van der Waals surface area contributed by atoms with Crippen LogP contribution in [0.15, 0.2) is 46.0 Å². The summed E-state index contributed by atoms with van der Waals surface area (Å²) in [6.07, 6.45) is 5.94. The molecule has 150 valence electrons. The molecular formula is C21H21BrN4O3. The predicted octanol–water partition coefficient (Wildman–Crippen LogP) is 5.14. The van der Waals surface area contributed by atoms with Crippen LogP contribution in [-0.2, 0) is 0 Å². The second kappa shape index (κ2) is 6.73. The Bertz CT molecular complexity index is 1030. The van der Waals surface area contributed by atoms with Crippen LogP contribution in [0, 0.1) is 10.1 Å². The van der Waals surface area contributed by atoms with Gasteiger partial charge < -0.3 is 10.5 Å². The third-order valence-electron chi connectivity index (χ3n) is 6.16. The zero-order chi connectivity index (χ0) is 20.2. The first-order chi connectivity index (χ1) is 14.0. The molecule has 2 aromatic rings. The lowest BCUT2D eigenvalue weighted by atomic mass is 9.86. The minimum absolute atomic E-state index is 0.0663. The van der Waals surface area contributed by atoms with Crippen LogP contribution >= 0.6 is 15.9 Å². The van der Waals surface area contributed by atoms with Gasteiger partial charge in [-0.15, -0.1) is 0 Å². The molecule has 2 aromatic carbocycles. The van der Waals surface area contributed by atoms with Crippen LogP contribution in [0.4, 0.5) is 11.4 Å². The van der Waals surface area contributed by atoms with Crippen LogP contribution in [0.25, 0.3) is 0 Å². The van der Waals surface area contributed by atoms with E-state index < -0.39 is 10.6 Å². The summed E-state index contributed by atoms with van der Waals surface area (Å²) in [5.74, 6) is 0.905. The van der Waals surface area contributed by atoms with Gasteiger partial charge >= 0.3 is 0 Å². The van der Waals surface area contributed by atoms with Gasteiger partial charge in [-0.2, -0.15) is 5.10 Å². The molecule has 0 saturated heterocycles. The molecule has 7 nitrogen and oxygen atoms in total. The van der Waals surface area contributed by atoms with E-state index in [1.165, 1.54) is 12.5 Å². The first kappa shape index (κ1) is 18.4. The number of hydrogen-bond acceptors (Lipinski definition) is 6. The summed E-state index contributed by atoms with van der Waals surface area (Å²) in [4.78, 5) is 10.9. The van der Waals surface area contributed by atoms with Gasteiger partial charge in [0.25, 0.3) is 5.69 Å². The van der Waals surface area contributed by atoms with Crippen LogP contribution in [-0.4, -0.2) is 21.4 Å². The minimum atomic E-state index is -0.446. The van der Waals surface area contributed by atoms with Gasteiger partial charge in [0.05, 0.1) is 16.7 Å². The fourth-order valence-electron chi connectivity index (χ4n) is 4.74. The number of benzene rings is 2. The maximum absolute atomic E-state index is 11.3. The number of nitro groups is 1. The van der Waals surface area contributed by atoms with E-state index in [1.807, 2.05) is 18.2 Å². The van der Waals surface area contributed by atoms with Crippen molar-refractivity contribution in [3.8, 4) is 5.75 Å². The third-order valence-corrected chi connectivity index (χ3v) is 6.65. The number of hydrazone groups is 1. The molecule has 1 spiro atoms. The Balaban J connectivity index is 1.59. The van der Waals surface area contributed by atoms with E-state index >= 15 is 0 Å². The average Bonchev–Trinajstić information content (AvgIpc) is 3.15. The van der Waals surface area contributed by atoms with Gasteiger partial charge in [-0.3, -0.25) is 10.1 Å². The van der Waals surface area contributed by atoms with Gasteiger partial charge in [-0.05, 0) is 31.0 Å². The predicted molar refractivity (Wildman–Crippen MR) is 114 cm³/mol. The first-order valence-electron chi connectivity index (χ1n) is 9.86. The number of halogens is 1. The van der Waals surface area contributed by atoms with Gasteiger partial charge in [0.15, 0.2) is 5.72 Å².